The van der Waals surface area contributed by atoms with Crippen molar-refractivity contribution in [1.82, 2.24) is 26.6 Å². The van der Waals surface area contributed by atoms with Gasteiger partial charge in [0.25, 0.3) is 0 Å². The highest BCUT2D eigenvalue weighted by atomic mass is 35.5. The summed E-state index contributed by atoms with van der Waals surface area (Å²) >= 11 is 0. The first kappa shape index (κ1) is 44.4. The quantitative estimate of drug-likeness (QED) is 0.121. The van der Waals surface area contributed by atoms with Crippen LogP contribution in [0.4, 0.5) is 0 Å². The van der Waals surface area contributed by atoms with Gasteiger partial charge in [0.05, 0.1) is 0 Å². The van der Waals surface area contributed by atoms with Crippen molar-refractivity contribution in [3.63, 3.8) is 0 Å². The summed E-state index contributed by atoms with van der Waals surface area (Å²) in [5, 5.41) is 17.0. The zero-order valence-corrected chi connectivity index (χ0v) is 22.8. The molecule has 0 aromatic carbocycles. The Kier molecular flexibility index (Phi) is 64.5. The van der Waals surface area contributed by atoms with Crippen LogP contribution in [0.25, 0.3) is 0 Å². The minimum atomic E-state index is 0. The molecule has 0 aliphatic heterocycles. The Balaban J connectivity index is -0.000000288. The lowest BCUT2D eigenvalue weighted by molar-refractivity contribution is 0.565. The van der Waals surface area contributed by atoms with Gasteiger partial charge in [-0.15, -0.1) is 62.0 Å². The van der Waals surface area contributed by atoms with Gasteiger partial charge in [-0.3, -0.25) is 0 Å². The highest BCUT2D eigenvalue weighted by Gasteiger charge is 1.91. The molecule has 0 spiro atoms. The summed E-state index contributed by atoms with van der Waals surface area (Å²) in [7, 11) is 0. The number of rotatable bonds is 20. The lowest BCUT2D eigenvalue weighted by Gasteiger charge is -2.06. The molecule has 0 amide bonds. The third-order valence-corrected chi connectivity index (χ3v) is 3.80. The second-order valence-corrected chi connectivity index (χ2v) is 6.13. The van der Waals surface area contributed by atoms with Crippen LogP contribution < -0.4 is 26.6 Å². The molecular weight excluding hydrogens is 488 g/mol. The normalized spacial score (nSPS) is 9.93. The average molecular weight is 536 g/mol. The molecule has 0 fully saturated rings. The van der Waals surface area contributed by atoms with Crippen molar-refractivity contribution in [1.29, 1.82) is 0 Å². The Labute approximate surface area is 217 Å². The van der Waals surface area contributed by atoms with Gasteiger partial charge in [-0.2, -0.15) is 0 Å². The topological polar surface area (TPSA) is 60.1 Å². The fraction of sp³-hybridized carbons (Fsp3) is 0.800. The van der Waals surface area contributed by atoms with Crippen molar-refractivity contribution in [2.24, 2.45) is 0 Å². The highest BCUT2D eigenvalue weighted by molar-refractivity contribution is 5.86. The third-order valence-electron chi connectivity index (χ3n) is 3.80. The van der Waals surface area contributed by atoms with Gasteiger partial charge in [0, 0.05) is 26.2 Å². The molecule has 10 heteroatoms. The van der Waals surface area contributed by atoms with Crippen LogP contribution in [0, 0.1) is 0 Å². The number of nitrogens with one attached hydrogen (secondary N) is 5. The maximum Gasteiger partial charge on any atom is 0.0135 e. The molecule has 0 rings (SSSR count). The molecule has 0 unspecified atom stereocenters. The Hall–Kier alpha value is 0.730. The molecule has 0 aromatic heterocycles. The molecule has 0 aromatic rings. The van der Waals surface area contributed by atoms with Crippen LogP contribution in [0.3, 0.4) is 0 Å². The molecule has 0 saturated heterocycles. The largest absolute Gasteiger partial charge is 0.317 e. The van der Waals surface area contributed by atoms with Crippen LogP contribution in [-0.2, 0) is 0 Å². The van der Waals surface area contributed by atoms with Crippen molar-refractivity contribution in [3.05, 3.63) is 24.3 Å². The maximum absolute atomic E-state index is 3.54. The van der Waals surface area contributed by atoms with Crippen LogP contribution in [0.1, 0.15) is 39.5 Å². The van der Waals surface area contributed by atoms with Crippen LogP contribution in [0.2, 0.25) is 0 Å². The van der Waals surface area contributed by atoms with Crippen molar-refractivity contribution in [3.8, 4) is 0 Å². The van der Waals surface area contributed by atoms with Crippen molar-refractivity contribution in [2.45, 2.75) is 39.5 Å². The van der Waals surface area contributed by atoms with Crippen molar-refractivity contribution >= 4 is 62.0 Å². The molecule has 0 bridgehead atoms. The second kappa shape index (κ2) is 43.6. The van der Waals surface area contributed by atoms with E-state index in [-0.39, 0.29) is 62.0 Å². The summed E-state index contributed by atoms with van der Waals surface area (Å²) in [5.74, 6) is 0. The number of hydrogen-bond donors (Lipinski definition) is 5. The van der Waals surface area contributed by atoms with Crippen molar-refractivity contribution < 1.29 is 0 Å². The predicted molar refractivity (Wildman–Crippen MR) is 149 cm³/mol. The van der Waals surface area contributed by atoms with Gasteiger partial charge in [0.15, 0.2) is 0 Å². The van der Waals surface area contributed by atoms with Gasteiger partial charge in [-0.1, -0.05) is 38.2 Å². The van der Waals surface area contributed by atoms with Gasteiger partial charge in [-0.25, -0.2) is 0 Å². The Morgan fingerprint density at radius 2 is 0.667 bits per heavy atom. The number of unbranched alkanes of at least 4 members (excludes halogenated alkanes) is 2. The lowest BCUT2D eigenvalue weighted by Crippen LogP contribution is -2.21. The summed E-state index contributed by atoms with van der Waals surface area (Å²) in [4.78, 5) is 0. The molecule has 0 saturated carbocycles. The van der Waals surface area contributed by atoms with E-state index < -0.39 is 0 Å². The number of halogens is 5. The number of hydrogen-bond acceptors (Lipinski definition) is 5. The van der Waals surface area contributed by atoms with E-state index in [1.807, 2.05) is 0 Å². The Bertz CT molecular complexity index is 283. The van der Waals surface area contributed by atoms with Gasteiger partial charge in [0.2, 0.25) is 0 Å². The fourth-order valence-corrected chi connectivity index (χ4v) is 2.28. The first-order valence-corrected chi connectivity index (χ1v) is 10.2. The first-order chi connectivity index (χ1) is 12.4. The van der Waals surface area contributed by atoms with Gasteiger partial charge >= 0.3 is 0 Å². The van der Waals surface area contributed by atoms with Crippen molar-refractivity contribution in [2.75, 3.05) is 65.4 Å². The summed E-state index contributed by atoms with van der Waals surface area (Å²) in [6.45, 7) is 14.7. The number of likely N-dealkylation sites (N-methyl/N-ethyl adjacent to an activating group) is 2. The molecule has 0 radical (unpaired) electrons. The smallest absolute Gasteiger partial charge is 0.0135 e. The minimum Gasteiger partial charge on any atom is -0.317 e. The molecule has 0 aliphatic carbocycles. The molecule has 0 atom stereocenters. The first-order valence-electron chi connectivity index (χ1n) is 10.2. The summed E-state index contributed by atoms with van der Waals surface area (Å²) in [6.07, 6.45) is 13.8. The van der Waals surface area contributed by atoms with Crippen LogP contribution in [0.5, 0.6) is 0 Å². The molecule has 5 nitrogen and oxygen atoms in total. The van der Waals surface area contributed by atoms with E-state index in [2.05, 4.69) is 64.7 Å². The molecular formula is C20H48Cl5N5. The van der Waals surface area contributed by atoms with Gasteiger partial charge in [-0.05, 0) is 65.0 Å². The standard InChI is InChI=1S/C20H43N5.5ClH/c1-3-21-13-5-7-15-23-17-9-11-19-25-20-12-10-18-24-16-8-6-14-22-4-2;;;;;/h5-8,21-25H,3-4,9-20H2,1-2H3;5*1H/b7-5-,8-6-;;;;;. The highest BCUT2D eigenvalue weighted by Crippen LogP contribution is 1.88. The molecule has 0 aliphatic rings. The summed E-state index contributed by atoms with van der Waals surface area (Å²) in [5.41, 5.74) is 0. The zero-order chi connectivity index (χ0) is 18.3. The van der Waals surface area contributed by atoms with E-state index >= 15 is 0 Å². The van der Waals surface area contributed by atoms with E-state index in [0.717, 1.165) is 65.4 Å². The van der Waals surface area contributed by atoms with Gasteiger partial charge < -0.3 is 26.6 Å². The SMILES string of the molecule is CCNC/C=C\CNCCCCNCCCCNC/C=C\CNCC.Cl.Cl.Cl.Cl.Cl. The minimum absolute atomic E-state index is 0. The predicted octanol–water partition coefficient (Wildman–Crippen LogP) is 3.76. The van der Waals surface area contributed by atoms with Gasteiger partial charge in [0.1, 0.15) is 0 Å². The second-order valence-electron chi connectivity index (χ2n) is 6.13. The van der Waals surface area contributed by atoms with E-state index in [0.29, 0.717) is 0 Å². The summed E-state index contributed by atoms with van der Waals surface area (Å²) < 4.78 is 0. The van der Waals surface area contributed by atoms with Crippen LogP contribution in [0.15, 0.2) is 24.3 Å². The monoisotopic (exact) mass is 533 g/mol. The van der Waals surface area contributed by atoms with Crippen LogP contribution in [-0.4, -0.2) is 65.4 Å². The third kappa shape index (κ3) is 42.8. The summed E-state index contributed by atoms with van der Waals surface area (Å²) in [6, 6.07) is 0. The average Bonchev–Trinajstić information content (AvgIpc) is 2.63. The lowest BCUT2D eigenvalue weighted by atomic mass is 10.2. The molecule has 30 heavy (non-hydrogen) atoms. The van der Waals surface area contributed by atoms with E-state index in [1.165, 1.54) is 25.7 Å². The van der Waals surface area contributed by atoms with Crippen LogP contribution >= 0.6 is 62.0 Å². The zero-order valence-electron chi connectivity index (χ0n) is 18.8. The van der Waals surface area contributed by atoms with E-state index in [9.17, 15) is 0 Å². The molecule has 0 heterocycles. The molecule has 5 N–H and O–H groups in total. The Morgan fingerprint density at radius 1 is 0.400 bits per heavy atom. The Morgan fingerprint density at radius 3 is 0.967 bits per heavy atom. The fourth-order valence-electron chi connectivity index (χ4n) is 2.28. The molecule has 188 valence electrons. The van der Waals surface area contributed by atoms with E-state index in [4.69, 9.17) is 0 Å². The maximum atomic E-state index is 3.54. The van der Waals surface area contributed by atoms with E-state index in [1.54, 1.807) is 0 Å².